The monoisotopic (exact) mass is 422 g/mol. The Bertz CT molecular complexity index is 848. The van der Waals surface area contributed by atoms with Crippen LogP contribution < -0.4 is 0 Å². The summed E-state index contributed by atoms with van der Waals surface area (Å²) in [5, 5.41) is -0.391. The van der Waals surface area contributed by atoms with Crippen LogP contribution in [0.4, 0.5) is 0 Å². The second kappa shape index (κ2) is 7.66. The molecule has 0 bridgehead atoms. The van der Waals surface area contributed by atoms with E-state index < -0.39 is 15.1 Å². The van der Waals surface area contributed by atoms with Gasteiger partial charge in [0.2, 0.25) is 0 Å². The summed E-state index contributed by atoms with van der Waals surface area (Å²) < 4.78 is 26.0. The second-order valence-electron chi connectivity index (χ2n) is 6.18. The number of carbonyl (C=O) groups excluding carboxylic acids is 1. The number of amides is 1. The first-order chi connectivity index (χ1) is 12.0. The zero-order valence-electron chi connectivity index (χ0n) is 13.6. The molecule has 0 saturated carbocycles. The van der Waals surface area contributed by atoms with E-state index in [0.717, 1.165) is 10.0 Å². The van der Waals surface area contributed by atoms with E-state index in [9.17, 15) is 13.2 Å². The Hall–Kier alpha value is -1.73. The summed E-state index contributed by atoms with van der Waals surface area (Å²) in [5.41, 5.74) is 1.32. The highest BCUT2D eigenvalue weighted by atomic mass is 79.9. The number of aromatic nitrogens is 1. The number of piperidine rings is 1. The molecule has 1 fully saturated rings. The minimum Gasteiger partial charge on any atom is -0.339 e. The van der Waals surface area contributed by atoms with Gasteiger partial charge in [0.1, 0.15) is 0 Å². The summed E-state index contributed by atoms with van der Waals surface area (Å²) in [7, 11) is -3.21. The number of hydrogen-bond acceptors (Lipinski definition) is 4. The summed E-state index contributed by atoms with van der Waals surface area (Å²) >= 11 is 3.31. The topological polar surface area (TPSA) is 67.3 Å². The molecule has 0 unspecified atom stereocenters. The summed E-state index contributed by atoms with van der Waals surface area (Å²) in [5.74, 6) is -0.0464. The largest absolute Gasteiger partial charge is 0.339 e. The molecule has 5 nitrogen and oxygen atoms in total. The molecule has 1 amide bonds. The Morgan fingerprint density at radius 2 is 1.84 bits per heavy atom. The molecular weight excluding hydrogens is 404 g/mol. The van der Waals surface area contributed by atoms with Gasteiger partial charge in [-0.05, 0) is 40.4 Å². The number of hydrogen-bond donors (Lipinski definition) is 0. The fourth-order valence-electron chi connectivity index (χ4n) is 3.05. The third-order valence-corrected chi connectivity index (χ3v) is 7.06. The Morgan fingerprint density at radius 1 is 1.16 bits per heavy atom. The van der Waals surface area contributed by atoms with Crippen molar-refractivity contribution in [3.63, 3.8) is 0 Å². The number of carbonyl (C=O) groups is 1. The Morgan fingerprint density at radius 3 is 2.48 bits per heavy atom. The van der Waals surface area contributed by atoms with Gasteiger partial charge in [0.05, 0.1) is 16.6 Å². The molecule has 2 heterocycles. The highest BCUT2D eigenvalue weighted by Crippen LogP contribution is 2.23. The molecular formula is C18H19BrN2O3S. The van der Waals surface area contributed by atoms with Crippen molar-refractivity contribution in [1.82, 2.24) is 9.88 Å². The molecule has 1 aromatic heterocycles. The molecule has 1 saturated heterocycles. The predicted octanol–water partition coefficient (Wildman–Crippen LogP) is 3.06. The smallest absolute Gasteiger partial charge is 0.255 e. The van der Waals surface area contributed by atoms with E-state index in [1.807, 2.05) is 30.3 Å². The average Bonchev–Trinajstić information content (AvgIpc) is 2.62. The van der Waals surface area contributed by atoms with Crippen molar-refractivity contribution < 1.29 is 13.2 Å². The standard InChI is InChI=1S/C18H19BrN2O3S/c19-16-10-15(11-20-12-16)18(22)21-8-6-17(7-9-21)25(23,24)13-14-4-2-1-3-5-14/h1-5,10-12,17H,6-9,13H2. The number of halogens is 1. The third-order valence-electron chi connectivity index (χ3n) is 4.40. The lowest BCUT2D eigenvalue weighted by Crippen LogP contribution is -2.42. The maximum atomic E-state index is 12.6. The van der Waals surface area contributed by atoms with Gasteiger partial charge in [-0.15, -0.1) is 0 Å². The molecule has 0 N–H and O–H groups in total. The number of sulfone groups is 1. The van der Waals surface area contributed by atoms with Gasteiger partial charge in [-0.2, -0.15) is 0 Å². The van der Waals surface area contributed by atoms with Crippen molar-refractivity contribution in [3.8, 4) is 0 Å². The first kappa shape index (κ1) is 18.1. The summed E-state index contributed by atoms with van der Waals surface area (Å²) in [6.45, 7) is 0.897. The van der Waals surface area contributed by atoms with Gasteiger partial charge < -0.3 is 4.90 Å². The van der Waals surface area contributed by atoms with Crippen molar-refractivity contribution in [2.24, 2.45) is 0 Å². The normalized spacial score (nSPS) is 16.0. The lowest BCUT2D eigenvalue weighted by molar-refractivity contribution is 0.0725. The number of rotatable bonds is 4. The molecule has 7 heteroatoms. The lowest BCUT2D eigenvalue weighted by atomic mass is 10.1. The van der Waals surface area contributed by atoms with Crippen molar-refractivity contribution in [2.75, 3.05) is 13.1 Å². The summed E-state index contributed by atoms with van der Waals surface area (Å²) in [4.78, 5) is 18.2. The molecule has 1 aliphatic rings. The molecule has 1 aromatic carbocycles. The molecule has 3 rings (SSSR count). The molecule has 132 valence electrons. The van der Waals surface area contributed by atoms with Crippen LogP contribution >= 0.6 is 15.9 Å². The Labute approximate surface area is 156 Å². The quantitative estimate of drug-likeness (QED) is 0.758. The molecule has 0 radical (unpaired) electrons. The van der Waals surface area contributed by atoms with Crippen LogP contribution in [0.5, 0.6) is 0 Å². The Kier molecular flexibility index (Phi) is 5.54. The van der Waals surface area contributed by atoms with Crippen LogP contribution in [-0.4, -0.2) is 42.5 Å². The van der Waals surface area contributed by atoms with E-state index in [-0.39, 0.29) is 11.7 Å². The van der Waals surface area contributed by atoms with Gasteiger partial charge in [-0.3, -0.25) is 9.78 Å². The van der Waals surface area contributed by atoms with Gasteiger partial charge in [0.25, 0.3) is 5.91 Å². The van der Waals surface area contributed by atoms with Crippen LogP contribution in [0.2, 0.25) is 0 Å². The van der Waals surface area contributed by atoms with Gasteiger partial charge >= 0.3 is 0 Å². The highest BCUT2D eigenvalue weighted by molar-refractivity contribution is 9.10. The Balaban J connectivity index is 1.62. The van der Waals surface area contributed by atoms with Crippen molar-refractivity contribution in [3.05, 3.63) is 64.4 Å². The lowest BCUT2D eigenvalue weighted by Gasteiger charge is -2.31. The SMILES string of the molecule is O=C(c1cncc(Br)c1)N1CCC(S(=O)(=O)Cc2ccccc2)CC1. The third kappa shape index (κ3) is 4.46. The molecule has 0 atom stereocenters. The zero-order valence-corrected chi connectivity index (χ0v) is 16.0. The van der Waals surface area contributed by atoms with Crippen LogP contribution in [0.25, 0.3) is 0 Å². The number of benzene rings is 1. The van der Waals surface area contributed by atoms with Crippen LogP contribution in [0.15, 0.2) is 53.3 Å². The second-order valence-corrected chi connectivity index (χ2v) is 9.37. The first-order valence-corrected chi connectivity index (χ1v) is 10.6. The van der Waals surface area contributed by atoms with Crippen molar-refractivity contribution in [2.45, 2.75) is 23.8 Å². The minimum absolute atomic E-state index is 0.0575. The van der Waals surface area contributed by atoms with E-state index in [1.165, 1.54) is 6.20 Å². The molecule has 0 aliphatic carbocycles. The van der Waals surface area contributed by atoms with Crippen LogP contribution in [0.1, 0.15) is 28.8 Å². The van der Waals surface area contributed by atoms with E-state index in [4.69, 9.17) is 0 Å². The zero-order chi connectivity index (χ0) is 17.9. The van der Waals surface area contributed by atoms with E-state index >= 15 is 0 Å². The number of likely N-dealkylation sites (tertiary alicyclic amines) is 1. The van der Waals surface area contributed by atoms with Gasteiger partial charge in [-0.25, -0.2) is 8.42 Å². The van der Waals surface area contributed by atoms with Gasteiger partial charge in [0.15, 0.2) is 9.84 Å². The van der Waals surface area contributed by atoms with E-state index in [2.05, 4.69) is 20.9 Å². The maximum Gasteiger partial charge on any atom is 0.255 e. The first-order valence-electron chi connectivity index (χ1n) is 8.11. The fraction of sp³-hybridized carbons (Fsp3) is 0.333. The molecule has 0 spiro atoms. The maximum absolute atomic E-state index is 12.6. The highest BCUT2D eigenvalue weighted by Gasteiger charge is 2.31. The van der Waals surface area contributed by atoms with Gasteiger partial charge in [-0.1, -0.05) is 30.3 Å². The van der Waals surface area contributed by atoms with E-state index in [1.54, 1.807) is 17.2 Å². The average molecular weight is 423 g/mol. The van der Waals surface area contributed by atoms with E-state index in [0.29, 0.717) is 31.5 Å². The molecule has 2 aromatic rings. The van der Waals surface area contributed by atoms with Crippen LogP contribution in [0.3, 0.4) is 0 Å². The minimum atomic E-state index is -3.21. The van der Waals surface area contributed by atoms with Gasteiger partial charge in [0, 0.05) is 30.0 Å². The van der Waals surface area contributed by atoms with Crippen molar-refractivity contribution >= 4 is 31.7 Å². The predicted molar refractivity (Wildman–Crippen MR) is 99.9 cm³/mol. The molecule has 25 heavy (non-hydrogen) atoms. The summed E-state index contributed by atoms with van der Waals surface area (Å²) in [6.07, 6.45) is 4.11. The van der Waals surface area contributed by atoms with Crippen LogP contribution in [0, 0.1) is 0 Å². The molecule has 1 aliphatic heterocycles. The van der Waals surface area contributed by atoms with Crippen LogP contribution in [-0.2, 0) is 15.6 Å². The fourth-order valence-corrected chi connectivity index (χ4v) is 5.24. The summed E-state index contributed by atoms with van der Waals surface area (Å²) in [6, 6.07) is 11.0. The number of nitrogens with zero attached hydrogens (tertiary/aromatic N) is 2. The van der Waals surface area contributed by atoms with Crippen molar-refractivity contribution in [1.29, 1.82) is 0 Å². The number of pyridine rings is 1.